The van der Waals surface area contributed by atoms with Gasteiger partial charge in [0.15, 0.2) is 15.0 Å². The van der Waals surface area contributed by atoms with Gasteiger partial charge in [-0.05, 0) is 36.6 Å². The van der Waals surface area contributed by atoms with Crippen LogP contribution in [0.3, 0.4) is 0 Å². The summed E-state index contributed by atoms with van der Waals surface area (Å²) in [5.74, 6) is 0. The quantitative estimate of drug-likeness (QED) is 0.325. The first-order chi connectivity index (χ1) is 15.2. The Hall–Kier alpha value is -2.20. The van der Waals surface area contributed by atoms with Gasteiger partial charge in [-0.15, -0.1) is 11.3 Å². The van der Waals surface area contributed by atoms with Gasteiger partial charge >= 0.3 is 0 Å². The molecule has 32 heavy (non-hydrogen) atoms. The molecule has 168 valence electrons. The Kier molecular flexibility index (Phi) is 6.71. The molecule has 1 fully saturated rings. The highest BCUT2D eigenvalue weighted by Crippen LogP contribution is 2.31. The maximum Gasteiger partial charge on any atom is 0.270 e. The Morgan fingerprint density at radius 3 is 2.59 bits per heavy atom. The fraction of sp³-hybridized carbons (Fsp3) is 0.286. The molecule has 2 heterocycles. The molecule has 0 radical (unpaired) electrons. The lowest BCUT2D eigenvalue weighted by atomic mass is 10.1. The Morgan fingerprint density at radius 1 is 1.16 bits per heavy atom. The van der Waals surface area contributed by atoms with Crippen molar-refractivity contribution >= 4 is 55.2 Å². The smallest absolute Gasteiger partial charge is 0.270 e. The lowest BCUT2D eigenvalue weighted by Gasteiger charge is -2.31. The molecule has 1 aromatic heterocycles. The molecule has 4 rings (SSSR count). The third-order valence-electron chi connectivity index (χ3n) is 5.43. The summed E-state index contributed by atoms with van der Waals surface area (Å²) >= 11 is 13.7. The minimum absolute atomic E-state index is 0.00141. The first-order valence-electron chi connectivity index (χ1n) is 9.85. The molecular weight excluding hydrogens is 493 g/mol. The van der Waals surface area contributed by atoms with Gasteiger partial charge < -0.3 is 4.90 Å². The van der Waals surface area contributed by atoms with E-state index in [2.05, 4.69) is 4.90 Å². The Balaban J connectivity index is 1.42. The third-order valence-corrected chi connectivity index (χ3v) is 9.23. The van der Waals surface area contributed by atoms with Gasteiger partial charge in [-0.3, -0.25) is 10.1 Å². The first kappa shape index (κ1) is 23.0. The molecule has 3 aromatic rings. The molecule has 0 spiro atoms. The van der Waals surface area contributed by atoms with Crippen LogP contribution in [0.2, 0.25) is 10.0 Å². The number of piperidine rings is 1. The number of nitro groups is 1. The van der Waals surface area contributed by atoms with E-state index in [-0.39, 0.29) is 10.6 Å². The molecule has 11 heteroatoms. The average Bonchev–Trinajstić information content (AvgIpc) is 3.24. The predicted molar refractivity (Wildman–Crippen MR) is 127 cm³/mol. The van der Waals surface area contributed by atoms with Gasteiger partial charge in [-0.1, -0.05) is 35.3 Å². The van der Waals surface area contributed by atoms with E-state index >= 15 is 0 Å². The lowest BCUT2D eigenvalue weighted by molar-refractivity contribution is -0.385. The third kappa shape index (κ3) is 4.91. The molecule has 0 atom stereocenters. The van der Waals surface area contributed by atoms with E-state index in [4.69, 9.17) is 28.2 Å². The molecule has 0 bridgehead atoms. The van der Waals surface area contributed by atoms with Crippen molar-refractivity contribution in [2.75, 3.05) is 18.0 Å². The number of nitro benzene ring substituents is 1. The predicted octanol–water partition coefficient (Wildman–Crippen LogP) is 5.39. The zero-order valence-electron chi connectivity index (χ0n) is 16.8. The lowest BCUT2D eigenvalue weighted by Crippen LogP contribution is -2.39. The Morgan fingerprint density at radius 2 is 1.91 bits per heavy atom. The highest BCUT2D eigenvalue weighted by atomic mass is 35.5. The largest absolute Gasteiger partial charge is 0.348 e. The van der Waals surface area contributed by atoms with Crippen LogP contribution < -0.4 is 4.90 Å². The van der Waals surface area contributed by atoms with Crippen molar-refractivity contribution < 1.29 is 13.3 Å². The zero-order valence-corrected chi connectivity index (χ0v) is 19.9. The van der Waals surface area contributed by atoms with Crippen LogP contribution in [0, 0.1) is 10.1 Å². The molecule has 0 saturated carbocycles. The van der Waals surface area contributed by atoms with Crippen molar-refractivity contribution in [3.05, 3.63) is 79.3 Å². The zero-order chi connectivity index (χ0) is 22.9. The van der Waals surface area contributed by atoms with Crippen LogP contribution in [0.15, 0.2) is 52.7 Å². The number of benzene rings is 2. The number of hydrogen-bond donors (Lipinski definition) is 0. The molecule has 0 aliphatic carbocycles. The fourth-order valence-corrected chi connectivity index (χ4v) is 6.83. The number of anilines is 1. The second-order valence-electron chi connectivity index (χ2n) is 7.52. The fourth-order valence-electron chi connectivity index (χ4n) is 3.71. The summed E-state index contributed by atoms with van der Waals surface area (Å²) < 4.78 is 26.0. The summed E-state index contributed by atoms with van der Waals surface area (Å²) in [6.45, 7) is 1.10. The van der Waals surface area contributed by atoms with Crippen molar-refractivity contribution in [1.82, 2.24) is 4.98 Å². The van der Waals surface area contributed by atoms with Gasteiger partial charge in [-0.25, -0.2) is 13.4 Å². The molecule has 1 aliphatic rings. The normalized spacial score (nSPS) is 15.1. The van der Waals surface area contributed by atoms with Gasteiger partial charge in [0.2, 0.25) is 0 Å². The summed E-state index contributed by atoms with van der Waals surface area (Å²) in [5, 5.41) is 14.4. The Bertz CT molecular complexity index is 1260. The van der Waals surface area contributed by atoms with Crippen LogP contribution in [0.25, 0.3) is 0 Å². The number of thiazole rings is 1. The second kappa shape index (κ2) is 9.35. The van der Waals surface area contributed by atoms with Crippen LogP contribution in [-0.4, -0.2) is 36.7 Å². The summed E-state index contributed by atoms with van der Waals surface area (Å²) in [4.78, 5) is 17.2. The van der Waals surface area contributed by atoms with Crippen LogP contribution in [0.4, 0.5) is 10.8 Å². The van der Waals surface area contributed by atoms with Crippen molar-refractivity contribution in [2.45, 2.75) is 29.4 Å². The first-order valence-corrected chi connectivity index (χ1v) is 13.0. The minimum Gasteiger partial charge on any atom is -0.348 e. The van der Waals surface area contributed by atoms with E-state index in [0.717, 1.165) is 22.5 Å². The van der Waals surface area contributed by atoms with Crippen LogP contribution in [0.5, 0.6) is 0 Å². The van der Waals surface area contributed by atoms with Crippen molar-refractivity contribution in [1.29, 1.82) is 0 Å². The van der Waals surface area contributed by atoms with E-state index in [9.17, 15) is 18.5 Å². The van der Waals surface area contributed by atoms with E-state index in [1.54, 1.807) is 12.1 Å². The van der Waals surface area contributed by atoms with E-state index in [1.165, 1.54) is 29.5 Å². The van der Waals surface area contributed by atoms with Crippen LogP contribution in [-0.2, 0) is 16.3 Å². The molecule has 7 nitrogen and oxygen atoms in total. The molecule has 2 aromatic carbocycles. The van der Waals surface area contributed by atoms with Crippen molar-refractivity contribution in [3.63, 3.8) is 0 Å². The number of rotatable bonds is 6. The van der Waals surface area contributed by atoms with Crippen molar-refractivity contribution in [2.24, 2.45) is 0 Å². The number of halogens is 2. The van der Waals surface area contributed by atoms with Gasteiger partial charge in [0.25, 0.3) is 5.69 Å². The monoisotopic (exact) mass is 511 g/mol. The molecule has 0 N–H and O–H groups in total. The number of non-ortho nitro benzene ring substituents is 1. The highest BCUT2D eigenvalue weighted by Gasteiger charge is 2.32. The summed E-state index contributed by atoms with van der Waals surface area (Å²) in [6, 6.07) is 10.6. The van der Waals surface area contributed by atoms with Crippen LogP contribution >= 0.6 is 34.5 Å². The molecule has 0 unspecified atom stereocenters. The van der Waals surface area contributed by atoms with Gasteiger partial charge in [0.05, 0.1) is 20.8 Å². The molecule has 1 aliphatic heterocycles. The highest BCUT2D eigenvalue weighted by molar-refractivity contribution is 7.92. The minimum atomic E-state index is -3.64. The van der Waals surface area contributed by atoms with Gasteiger partial charge in [0.1, 0.15) is 0 Å². The second-order valence-corrected chi connectivity index (χ2v) is 11.4. The average molecular weight is 512 g/mol. The number of hydrogen-bond acceptors (Lipinski definition) is 7. The maximum absolute atomic E-state index is 13.0. The maximum atomic E-state index is 13.0. The topological polar surface area (TPSA) is 93.4 Å². The van der Waals surface area contributed by atoms with Crippen molar-refractivity contribution in [3.8, 4) is 0 Å². The molecule has 1 saturated heterocycles. The summed E-state index contributed by atoms with van der Waals surface area (Å²) in [5.41, 5.74) is 1.61. The standard InChI is InChI=1S/C21H19Cl2N3O4S2/c22-15-5-4-14(20(23)11-15)10-16-13-31-21(24-16)25-8-6-18(7-9-25)32(29,30)19-3-1-2-17(12-19)26(27)28/h1-5,11-13,18H,6-10H2. The molecular formula is C21H19Cl2N3O4S2. The van der Waals surface area contributed by atoms with Gasteiger partial charge in [0, 0.05) is 47.1 Å². The van der Waals surface area contributed by atoms with E-state index < -0.39 is 20.0 Å². The number of nitrogens with zero attached hydrogens (tertiary/aromatic N) is 3. The van der Waals surface area contributed by atoms with E-state index in [1.807, 2.05) is 11.4 Å². The van der Waals surface area contributed by atoms with Gasteiger partial charge in [-0.2, -0.15) is 0 Å². The summed E-state index contributed by atoms with van der Waals surface area (Å²) in [7, 11) is -3.64. The van der Waals surface area contributed by atoms with Crippen LogP contribution in [0.1, 0.15) is 24.1 Å². The van der Waals surface area contributed by atoms with E-state index in [0.29, 0.717) is 42.4 Å². The Labute approximate surface area is 199 Å². The summed E-state index contributed by atoms with van der Waals surface area (Å²) in [6.07, 6.45) is 1.45. The number of aromatic nitrogens is 1. The molecule has 0 amide bonds. The SMILES string of the molecule is O=[N+]([O-])c1cccc(S(=O)(=O)C2CCN(c3nc(Cc4ccc(Cl)cc4Cl)cs3)CC2)c1. The number of sulfone groups is 1.